The van der Waals surface area contributed by atoms with E-state index in [9.17, 15) is 4.79 Å². The van der Waals surface area contributed by atoms with Gasteiger partial charge in [0.2, 0.25) is 5.88 Å². The Morgan fingerprint density at radius 1 is 1.40 bits per heavy atom. The van der Waals surface area contributed by atoms with Crippen molar-refractivity contribution in [3.05, 3.63) is 36.2 Å². The van der Waals surface area contributed by atoms with Gasteiger partial charge in [-0.2, -0.15) is 0 Å². The third-order valence-corrected chi connectivity index (χ3v) is 1.97. The molecular formula is C11H9NO3. The number of methoxy groups -OCH3 is 1. The number of nitrogens with zero attached hydrogens (tertiary/aromatic N) is 1. The lowest BCUT2D eigenvalue weighted by Gasteiger charge is -2.00. The molecule has 2 aromatic heterocycles. The smallest absolute Gasteiger partial charge is 0.213 e. The van der Waals surface area contributed by atoms with Gasteiger partial charge < -0.3 is 9.15 Å². The van der Waals surface area contributed by atoms with Crippen molar-refractivity contribution in [1.82, 2.24) is 4.98 Å². The summed E-state index contributed by atoms with van der Waals surface area (Å²) in [5.74, 6) is 1.44. The molecule has 0 radical (unpaired) electrons. The highest BCUT2D eigenvalue weighted by molar-refractivity contribution is 5.72. The van der Waals surface area contributed by atoms with E-state index in [1.54, 1.807) is 37.6 Å². The molecule has 4 heteroatoms. The molecule has 76 valence electrons. The molecule has 0 fully saturated rings. The summed E-state index contributed by atoms with van der Waals surface area (Å²) in [6.07, 6.45) is 2.29. The Morgan fingerprint density at radius 3 is 2.93 bits per heavy atom. The van der Waals surface area contributed by atoms with E-state index >= 15 is 0 Å². The second kappa shape index (κ2) is 3.96. The average Bonchev–Trinajstić information content (AvgIpc) is 2.78. The normalized spacial score (nSPS) is 9.93. The summed E-state index contributed by atoms with van der Waals surface area (Å²) >= 11 is 0. The number of ether oxygens (including phenoxy) is 1. The third kappa shape index (κ3) is 1.88. The Morgan fingerprint density at radius 2 is 2.27 bits per heavy atom. The monoisotopic (exact) mass is 203 g/mol. The first-order chi connectivity index (χ1) is 7.33. The van der Waals surface area contributed by atoms with Crippen LogP contribution in [0.1, 0.15) is 10.6 Å². The highest BCUT2D eigenvalue weighted by Gasteiger charge is 2.05. The van der Waals surface area contributed by atoms with Crippen LogP contribution >= 0.6 is 0 Å². The van der Waals surface area contributed by atoms with Crippen LogP contribution in [0.3, 0.4) is 0 Å². The summed E-state index contributed by atoms with van der Waals surface area (Å²) in [5, 5.41) is 0. The molecule has 15 heavy (non-hydrogen) atoms. The van der Waals surface area contributed by atoms with E-state index in [0.29, 0.717) is 23.7 Å². The first kappa shape index (κ1) is 9.45. The minimum absolute atomic E-state index is 0.306. The molecule has 0 aliphatic carbocycles. The van der Waals surface area contributed by atoms with Gasteiger partial charge in [0.1, 0.15) is 5.76 Å². The van der Waals surface area contributed by atoms with Gasteiger partial charge in [-0.05, 0) is 18.2 Å². The van der Waals surface area contributed by atoms with Crippen LogP contribution in [-0.4, -0.2) is 18.4 Å². The lowest BCUT2D eigenvalue weighted by molar-refractivity contribution is 0.110. The number of aldehydes is 1. The van der Waals surface area contributed by atoms with Crippen LogP contribution in [0, 0.1) is 0 Å². The quantitative estimate of drug-likeness (QED) is 0.717. The summed E-state index contributed by atoms with van der Waals surface area (Å²) < 4.78 is 10.3. The summed E-state index contributed by atoms with van der Waals surface area (Å²) in [7, 11) is 1.55. The van der Waals surface area contributed by atoms with Crippen LogP contribution in [0.25, 0.3) is 11.3 Å². The number of pyridine rings is 1. The van der Waals surface area contributed by atoms with Crippen LogP contribution < -0.4 is 4.74 Å². The lowest BCUT2D eigenvalue weighted by atomic mass is 10.2. The lowest BCUT2D eigenvalue weighted by Crippen LogP contribution is -1.86. The maximum atomic E-state index is 10.4. The van der Waals surface area contributed by atoms with E-state index in [-0.39, 0.29) is 0 Å². The molecule has 0 aliphatic heterocycles. The Bertz CT molecular complexity index is 476. The minimum atomic E-state index is 0.306. The van der Waals surface area contributed by atoms with Crippen molar-refractivity contribution in [3.8, 4) is 17.2 Å². The zero-order chi connectivity index (χ0) is 10.7. The number of carbonyl (C=O) groups excluding carboxylic acids is 1. The summed E-state index contributed by atoms with van der Waals surface area (Å²) in [4.78, 5) is 14.4. The van der Waals surface area contributed by atoms with Crippen molar-refractivity contribution in [2.75, 3.05) is 7.11 Å². The number of hydrogen-bond donors (Lipinski definition) is 0. The Balaban J connectivity index is 2.39. The van der Waals surface area contributed by atoms with Crippen molar-refractivity contribution >= 4 is 6.29 Å². The molecular weight excluding hydrogens is 194 g/mol. The predicted octanol–water partition coefficient (Wildman–Crippen LogP) is 2.16. The van der Waals surface area contributed by atoms with Gasteiger partial charge in [-0.15, -0.1) is 0 Å². The molecule has 0 bridgehead atoms. The van der Waals surface area contributed by atoms with Gasteiger partial charge >= 0.3 is 0 Å². The maximum absolute atomic E-state index is 10.4. The number of carbonyl (C=O) groups is 1. The van der Waals surface area contributed by atoms with Gasteiger partial charge in [-0.1, -0.05) is 0 Å². The second-order valence-corrected chi connectivity index (χ2v) is 2.91. The largest absolute Gasteiger partial charge is 0.481 e. The van der Waals surface area contributed by atoms with Crippen LogP contribution in [0.4, 0.5) is 0 Å². The van der Waals surface area contributed by atoms with Crippen LogP contribution in [0.2, 0.25) is 0 Å². The number of furan rings is 1. The van der Waals surface area contributed by atoms with E-state index in [4.69, 9.17) is 9.15 Å². The average molecular weight is 203 g/mol. The fraction of sp³-hybridized carbons (Fsp3) is 0.0909. The Kier molecular flexibility index (Phi) is 2.49. The van der Waals surface area contributed by atoms with E-state index < -0.39 is 0 Å². The predicted molar refractivity (Wildman–Crippen MR) is 53.9 cm³/mol. The molecule has 0 N–H and O–H groups in total. The van der Waals surface area contributed by atoms with Gasteiger partial charge in [0.05, 0.1) is 7.11 Å². The molecule has 2 rings (SSSR count). The molecule has 0 atom stereocenters. The number of rotatable bonds is 3. The van der Waals surface area contributed by atoms with Crippen molar-refractivity contribution in [2.24, 2.45) is 0 Å². The third-order valence-electron chi connectivity index (χ3n) is 1.97. The van der Waals surface area contributed by atoms with E-state index in [1.165, 1.54) is 0 Å². The van der Waals surface area contributed by atoms with E-state index in [2.05, 4.69) is 4.98 Å². The first-order valence-corrected chi connectivity index (χ1v) is 4.39. The van der Waals surface area contributed by atoms with Crippen LogP contribution in [-0.2, 0) is 0 Å². The molecule has 0 spiro atoms. The van der Waals surface area contributed by atoms with Crippen molar-refractivity contribution < 1.29 is 13.9 Å². The van der Waals surface area contributed by atoms with Crippen molar-refractivity contribution in [1.29, 1.82) is 0 Å². The summed E-state index contributed by atoms with van der Waals surface area (Å²) in [5.41, 5.74) is 0.829. The molecule has 0 aromatic carbocycles. The van der Waals surface area contributed by atoms with Gasteiger partial charge in [0.15, 0.2) is 12.0 Å². The fourth-order valence-electron chi connectivity index (χ4n) is 1.25. The standard InChI is InChI=1S/C11H9NO3/c1-14-11-6-8(4-5-12-11)10-3-2-9(7-13)15-10/h2-7H,1H3. The van der Waals surface area contributed by atoms with Gasteiger partial charge in [0.25, 0.3) is 0 Å². The van der Waals surface area contributed by atoms with Gasteiger partial charge in [0, 0.05) is 17.8 Å². The number of hydrogen-bond acceptors (Lipinski definition) is 4. The van der Waals surface area contributed by atoms with Crippen molar-refractivity contribution in [2.45, 2.75) is 0 Å². The SMILES string of the molecule is COc1cc(-c2ccc(C=O)o2)ccn1. The topological polar surface area (TPSA) is 52.3 Å². The van der Waals surface area contributed by atoms with Gasteiger partial charge in [-0.3, -0.25) is 4.79 Å². The van der Waals surface area contributed by atoms with Crippen LogP contribution in [0.5, 0.6) is 5.88 Å². The molecule has 0 saturated heterocycles. The maximum Gasteiger partial charge on any atom is 0.213 e. The zero-order valence-electron chi connectivity index (χ0n) is 8.14. The molecule has 0 saturated carbocycles. The minimum Gasteiger partial charge on any atom is -0.481 e. The Hall–Kier alpha value is -2.10. The zero-order valence-corrected chi connectivity index (χ0v) is 8.14. The molecule has 0 amide bonds. The first-order valence-electron chi connectivity index (χ1n) is 4.39. The summed E-state index contributed by atoms with van der Waals surface area (Å²) in [6, 6.07) is 6.89. The summed E-state index contributed by atoms with van der Waals surface area (Å²) in [6.45, 7) is 0. The molecule has 0 aliphatic rings. The number of aromatic nitrogens is 1. The van der Waals surface area contributed by atoms with Gasteiger partial charge in [-0.25, -0.2) is 4.98 Å². The van der Waals surface area contributed by atoms with Crippen LogP contribution in [0.15, 0.2) is 34.9 Å². The van der Waals surface area contributed by atoms with Crippen molar-refractivity contribution in [3.63, 3.8) is 0 Å². The highest BCUT2D eigenvalue weighted by atomic mass is 16.5. The van der Waals surface area contributed by atoms with E-state index in [0.717, 1.165) is 5.56 Å². The Labute approximate surface area is 86.5 Å². The molecule has 2 heterocycles. The fourth-order valence-corrected chi connectivity index (χ4v) is 1.25. The van der Waals surface area contributed by atoms with E-state index in [1.807, 2.05) is 0 Å². The second-order valence-electron chi connectivity index (χ2n) is 2.91. The highest BCUT2D eigenvalue weighted by Crippen LogP contribution is 2.23. The molecule has 0 unspecified atom stereocenters. The molecule has 4 nitrogen and oxygen atoms in total. The molecule has 2 aromatic rings.